The number of hydrogen-bond donors (Lipinski definition) is 1. The predicted octanol–water partition coefficient (Wildman–Crippen LogP) is 2.20. The largest absolute Gasteiger partial charge is 0.508 e. The van der Waals surface area contributed by atoms with E-state index < -0.39 is 10.0 Å². The second kappa shape index (κ2) is 5.06. The van der Waals surface area contributed by atoms with Crippen LogP contribution in [-0.2, 0) is 10.0 Å². The molecule has 5 heteroatoms. The van der Waals surface area contributed by atoms with Crippen LogP contribution in [0.15, 0.2) is 29.2 Å². The highest BCUT2D eigenvalue weighted by Crippen LogP contribution is 2.22. The highest BCUT2D eigenvalue weighted by molar-refractivity contribution is 7.89. The van der Waals surface area contributed by atoms with Gasteiger partial charge in [-0.3, -0.25) is 0 Å². The lowest BCUT2D eigenvalue weighted by molar-refractivity contribution is 0.302. The van der Waals surface area contributed by atoms with Crippen molar-refractivity contribution < 1.29 is 13.5 Å². The highest BCUT2D eigenvalue weighted by atomic mass is 32.2. The first kappa shape index (κ1) is 14.0. The van der Waals surface area contributed by atoms with Crippen LogP contribution in [0.4, 0.5) is 0 Å². The maximum Gasteiger partial charge on any atom is 0.243 e. The Morgan fingerprint density at radius 2 is 1.41 bits per heavy atom. The monoisotopic (exact) mass is 257 g/mol. The maximum atomic E-state index is 12.4. The van der Waals surface area contributed by atoms with Gasteiger partial charge in [0.05, 0.1) is 4.90 Å². The highest BCUT2D eigenvalue weighted by Gasteiger charge is 2.29. The summed E-state index contributed by atoms with van der Waals surface area (Å²) in [5.41, 5.74) is 0. The molecule has 0 bridgehead atoms. The van der Waals surface area contributed by atoms with E-state index in [0.717, 1.165) is 0 Å². The van der Waals surface area contributed by atoms with Gasteiger partial charge in [0.2, 0.25) is 10.0 Å². The van der Waals surface area contributed by atoms with Crippen LogP contribution in [0.5, 0.6) is 5.75 Å². The Kier molecular flexibility index (Phi) is 4.16. The number of rotatable bonds is 4. The summed E-state index contributed by atoms with van der Waals surface area (Å²) in [6.45, 7) is 7.38. The zero-order valence-electron chi connectivity index (χ0n) is 10.6. The number of sulfonamides is 1. The molecule has 0 saturated heterocycles. The molecular formula is C12H19NO3S. The molecule has 0 radical (unpaired) electrons. The Morgan fingerprint density at radius 1 is 1.00 bits per heavy atom. The zero-order valence-corrected chi connectivity index (χ0v) is 11.4. The lowest BCUT2D eigenvalue weighted by Crippen LogP contribution is -2.41. The summed E-state index contributed by atoms with van der Waals surface area (Å²) in [7, 11) is -3.49. The summed E-state index contributed by atoms with van der Waals surface area (Å²) < 4.78 is 26.2. The fourth-order valence-corrected chi connectivity index (χ4v) is 3.72. The van der Waals surface area contributed by atoms with E-state index >= 15 is 0 Å². The molecular weight excluding hydrogens is 238 g/mol. The molecule has 17 heavy (non-hydrogen) atoms. The number of phenols is 1. The van der Waals surface area contributed by atoms with Crippen molar-refractivity contribution in [3.63, 3.8) is 0 Å². The lowest BCUT2D eigenvalue weighted by atomic mass is 10.3. The van der Waals surface area contributed by atoms with Crippen LogP contribution in [0.3, 0.4) is 0 Å². The van der Waals surface area contributed by atoms with Gasteiger partial charge in [0, 0.05) is 12.1 Å². The first-order valence-electron chi connectivity index (χ1n) is 5.59. The van der Waals surface area contributed by atoms with Gasteiger partial charge in [-0.05, 0) is 52.0 Å². The second-order valence-corrected chi connectivity index (χ2v) is 6.36. The van der Waals surface area contributed by atoms with Crippen molar-refractivity contribution in [1.82, 2.24) is 4.31 Å². The smallest absolute Gasteiger partial charge is 0.243 e. The van der Waals surface area contributed by atoms with Crippen molar-refractivity contribution in [3.05, 3.63) is 24.3 Å². The van der Waals surface area contributed by atoms with Crippen LogP contribution in [0.2, 0.25) is 0 Å². The van der Waals surface area contributed by atoms with Crippen LogP contribution >= 0.6 is 0 Å². The van der Waals surface area contributed by atoms with Gasteiger partial charge in [0.15, 0.2) is 0 Å². The normalized spacial score (nSPS) is 12.6. The molecule has 0 aromatic heterocycles. The van der Waals surface area contributed by atoms with E-state index in [-0.39, 0.29) is 22.7 Å². The third-order valence-corrected chi connectivity index (χ3v) is 4.70. The van der Waals surface area contributed by atoms with E-state index in [4.69, 9.17) is 0 Å². The minimum Gasteiger partial charge on any atom is -0.508 e. The number of phenolic OH excluding ortho intramolecular Hbond substituents is 1. The summed E-state index contributed by atoms with van der Waals surface area (Å²) >= 11 is 0. The van der Waals surface area contributed by atoms with Crippen LogP contribution < -0.4 is 0 Å². The SMILES string of the molecule is CC(C)N(C(C)C)S(=O)(=O)c1ccc(O)cc1. The number of benzene rings is 1. The molecule has 0 atom stereocenters. The van der Waals surface area contributed by atoms with Crippen LogP contribution in [0.1, 0.15) is 27.7 Å². The Hall–Kier alpha value is -1.07. The molecule has 1 N–H and O–H groups in total. The Bertz CT molecular complexity index is 455. The molecule has 1 aromatic carbocycles. The molecule has 0 fully saturated rings. The fourth-order valence-electron chi connectivity index (χ4n) is 1.89. The van der Waals surface area contributed by atoms with Gasteiger partial charge in [0.1, 0.15) is 5.75 Å². The summed E-state index contributed by atoms with van der Waals surface area (Å²) in [6, 6.07) is 5.39. The minimum absolute atomic E-state index is 0.0598. The van der Waals surface area contributed by atoms with Gasteiger partial charge >= 0.3 is 0 Å². The molecule has 96 valence electrons. The summed E-state index contributed by atoms with van der Waals surface area (Å²) in [5.74, 6) is 0.0598. The molecule has 0 aliphatic rings. The van der Waals surface area contributed by atoms with Crippen molar-refractivity contribution >= 4 is 10.0 Å². The van der Waals surface area contributed by atoms with E-state index in [9.17, 15) is 13.5 Å². The van der Waals surface area contributed by atoms with Crippen molar-refractivity contribution in [2.24, 2.45) is 0 Å². The first-order chi connectivity index (χ1) is 7.76. The fraction of sp³-hybridized carbons (Fsp3) is 0.500. The number of hydrogen-bond acceptors (Lipinski definition) is 3. The number of nitrogens with zero attached hydrogens (tertiary/aromatic N) is 1. The van der Waals surface area contributed by atoms with E-state index in [0.29, 0.717) is 0 Å². The van der Waals surface area contributed by atoms with E-state index in [2.05, 4.69) is 0 Å². The third-order valence-electron chi connectivity index (χ3n) is 2.43. The molecule has 0 aliphatic carbocycles. The molecule has 0 unspecified atom stereocenters. The average Bonchev–Trinajstić information content (AvgIpc) is 2.16. The molecule has 0 amide bonds. The molecule has 1 aromatic rings. The molecule has 0 aliphatic heterocycles. The van der Waals surface area contributed by atoms with Gasteiger partial charge in [-0.15, -0.1) is 0 Å². The van der Waals surface area contributed by atoms with Crippen molar-refractivity contribution in [2.45, 2.75) is 44.7 Å². The summed E-state index contributed by atoms with van der Waals surface area (Å²) in [5, 5.41) is 9.17. The zero-order chi connectivity index (χ0) is 13.2. The van der Waals surface area contributed by atoms with Crippen molar-refractivity contribution in [3.8, 4) is 5.75 Å². The van der Waals surface area contributed by atoms with Crippen LogP contribution in [0.25, 0.3) is 0 Å². The van der Waals surface area contributed by atoms with Crippen molar-refractivity contribution in [1.29, 1.82) is 0 Å². The Labute approximate surface area is 103 Å². The van der Waals surface area contributed by atoms with Gasteiger partial charge in [0.25, 0.3) is 0 Å². The van der Waals surface area contributed by atoms with Gasteiger partial charge < -0.3 is 5.11 Å². The molecule has 4 nitrogen and oxygen atoms in total. The Balaban J connectivity index is 3.21. The number of aromatic hydroxyl groups is 1. The molecule has 1 rings (SSSR count). The Morgan fingerprint density at radius 3 is 1.76 bits per heavy atom. The maximum absolute atomic E-state index is 12.4. The third kappa shape index (κ3) is 2.98. The standard InChI is InChI=1S/C12H19NO3S/c1-9(2)13(10(3)4)17(15,16)12-7-5-11(14)6-8-12/h5-10,14H,1-4H3. The topological polar surface area (TPSA) is 57.6 Å². The summed E-state index contributed by atoms with van der Waals surface area (Å²) in [6.07, 6.45) is 0. The molecule has 0 saturated carbocycles. The molecule has 0 spiro atoms. The van der Waals surface area contributed by atoms with Gasteiger partial charge in [-0.1, -0.05) is 0 Å². The summed E-state index contributed by atoms with van der Waals surface area (Å²) in [4.78, 5) is 0.206. The minimum atomic E-state index is -3.49. The first-order valence-corrected chi connectivity index (χ1v) is 7.03. The quantitative estimate of drug-likeness (QED) is 0.899. The predicted molar refractivity (Wildman–Crippen MR) is 67.4 cm³/mol. The van der Waals surface area contributed by atoms with E-state index in [1.165, 1.54) is 28.6 Å². The lowest BCUT2D eigenvalue weighted by Gasteiger charge is -2.29. The van der Waals surface area contributed by atoms with E-state index in [1.807, 2.05) is 27.7 Å². The van der Waals surface area contributed by atoms with Gasteiger partial charge in [-0.2, -0.15) is 4.31 Å². The molecule has 0 heterocycles. The van der Waals surface area contributed by atoms with E-state index in [1.54, 1.807) is 0 Å². The van der Waals surface area contributed by atoms with Crippen LogP contribution in [-0.4, -0.2) is 29.9 Å². The second-order valence-electron chi connectivity index (χ2n) is 4.52. The van der Waals surface area contributed by atoms with Crippen molar-refractivity contribution in [2.75, 3.05) is 0 Å². The van der Waals surface area contributed by atoms with Crippen LogP contribution in [0, 0.1) is 0 Å². The average molecular weight is 257 g/mol. The van der Waals surface area contributed by atoms with Gasteiger partial charge in [-0.25, -0.2) is 8.42 Å².